The van der Waals surface area contributed by atoms with Crippen LogP contribution in [0.15, 0.2) is 69.9 Å². The van der Waals surface area contributed by atoms with Crippen LogP contribution in [0.1, 0.15) is 25.5 Å². The van der Waals surface area contributed by atoms with E-state index >= 15 is 0 Å². The number of benzene rings is 2. The third-order valence-corrected chi connectivity index (χ3v) is 7.55. The fourth-order valence-electron chi connectivity index (χ4n) is 3.80. The summed E-state index contributed by atoms with van der Waals surface area (Å²) in [6, 6.07) is 17.4. The van der Waals surface area contributed by atoms with Gasteiger partial charge in [-0.25, -0.2) is 4.98 Å². The van der Waals surface area contributed by atoms with Crippen LogP contribution in [0.3, 0.4) is 0 Å². The van der Waals surface area contributed by atoms with Gasteiger partial charge in [-0.3, -0.25) is 14.2 Å². The van der Waals surface area contributed by atoms with Gasteiger partial charge < -0.3 is 10.1 Å². The van der Waals surface area contributed by atoms with E-state index in [4.69, 9.17) is 9.72 Å². The Balaban J connectivity index is 1.51. The number of fused-ring (bicyclic) bond motifs is 1. The quantitative estimate of drug-likeness (QED) is 0.267. The first-order valence-corrected chi connectivity index (χ1v) is 12.8. The molecule has 2 aromatic heterocycles. The van der Waals surface area contributed by atoms with Gasteiger partial charge in [-0.15, -0.1) is 11.3 Å². The highest BCUT2D eigenvalue weighted by Crippen LogP contribution is 2.32. The van der Waals surface area contributed by atoms with E-state index in [1.165, 1.54) is 27.7 Å². The molecule has 0 aliphatic rings. The van der Waals surface area contributed by atoms with Gasteiger partial charge in [-0.05, 0) is 29.2 Å². The molecule has 2 heterocycles. The lowest BCUT2D eigenvalue weighted by molar-refractivity contribution is -0.119. The molecule has 1 atom stereocenters. The third kappa shape index (κ3) is 5.03. The lowest BCUT2D eigenvalue weighted by Crippen LogP contribution is -2.33. The first-order valence-electron chi connectivity index (χ1n) is 11.0. The number of carbonyl (C=O) groups is 1. The van der Waals surface area contributed by atoms with Gasteiger partial charge in [0.2, 0.25) is 5.91 Å². The molecule has 1 amide bonds. The average Bonchev–Trinajstić information content (AvgIpc) is 3.28. The highest BCUT2D eigenvalue weighted by molar-refractivity contribution is 7.99. The van der Waals surface area contributed by atoms with Crippen molar-refractivity contribution in [1.82, 2.24) is 14.9 Å². The maximum absolute atomic E-state index is 13.2. The van der Waals surface area contributed by atoms with E-state index in [9.17, 15) is 9.59 Å². The Morgan fingerprint density at radius 1 is 1.15 bits per heavy atom. The average molecular weight is 494 g/mol. The smallest absolute Gasteiger partial charge is 0.263 e. The summed E-state index contributed by atoms with van der Waals surface area (Å²) >= 11 is 2.72. The summed E-state index contributed by atoms with van der Waals surface area (Å²) < 4.78 is 6.76. The Kier molecular flexibility index (Phi) is 7.38. The van der Waals surface area contributed by atoms with Crippen LogP contribution >= 0.6 is 23.1 Å². The van der Waals surface area contributed by atoms with Crippen LogP contribution in [0.25, 0.3) is 21.3 Å². The molecule has 0 fully saturated rings. The fraction of sp³-hybridized carbons (Fsp3) is 0.269. The summed E-state index contributed by atoms with van der Waals surface area (Å²) in [5.74, 6) is 1.05. The van der Waals surface area contributed by atoms with Gasteiger partial charge in [-0.1, -0.05) is 68.1 Å². The second-order valence-corrected chi connectivity index (χ2v) is 10.1. The lowest BCUT2D eigenvalue weighted by atomic mass is 9.96. The third-order valence-electron chi connectivity index (χ3n) is 5.65. The molecule has 1 N–H and O–H groups in total. The Labute approximate surface area is 207 Å². The predicted octanol–water partition coefficient (Wildman–Crippen LogP) is 5.28. The summed E-state index contributed by atoms with van der Waals surface area (Å²) in [5, 5.41) is 6.24. The minimum absolute atomic E-state index is 0.105. The molecule has 34 heavy (non-hydrogen) atoms. The largest absolute Gasteiger partial charge is 0.497 e. The number of hydrogen-bond acceptors (Lipinski definition) is 6. The molecule has 0 aliphatic carbocycles. The number of nitrogens with zero attached hydrogens (tertiary/aromatic N) is 2. The SMILES string of the molecule is COc1ccc([C@H](NC(=O)CSc2nc3scc(-c4ccccc4)c3c(=O)n2C)C(C)C)cc1. The highest BCUT2D eigenvalue weighted by atomic mass is 32.2. The van der Waals surface area contributed by atoms with Crippen LogP contribution in [0.2, 0.25) is 0 Å². The van der Waals surface area contributed by atoms with Crippen molar-refractivity contribution in [3.63, 3.8) is 0 Å². The molecular weight excluding hydrogens is 466 g/mol. The van der Waals surface area contributed by atoms with Crippen molar-refractivity contribution >= 4 is 39.2 Å². The van der Waals surface area contributed by atoms with Crippen LogP contribution in [0, 0.1) is 5.92 Å². The number of amides is 1. The molecule has 0 saturated carbocycles. The Bertz CT molecular complexity index is 1350. The molecule has 4 aromatic rings. The van der Waals surface area contributed by atoms with Gasteiger partial charge in [0.1, 0.15) is 10.6 Å². The first-order chi connectivity index (χ1) is 16.4. The number of ether oxygens (including phenoxy) is 1. The molecule has 0 spiro atoms. The molecule has 0 unspecified atom stereocenters. The van der Waals surface area contributed by atoms with Gasteiger partial charge in [0.25, 0.3) is 5.56 Å². The topological polar surface area (TPSA) is 73.2 Å². The molecule has 8 heteroatoms. The van der Waals surface area contributed by atoms with E-state index in [1.54, 1.807) is 14.2 Å². The molecule has 176 valence electrons. The fourth-order valence-corrected chi connectivity index (χ4v) is 5.58. The summed E-state index contributed by atoms with van der Waals surface area (Å²) in [7, 11) is 3.33. The molecule has 0 bridgehead atoms. The lowest BCUT2D eigenvalue weighted by Gasteiger charge is -2.23. The van der Waals surface area contributed by atoms with Crippen LogP contribution in [0.4, 0.5) is 0 Å². The van der Waals surface area contributed by atoms with E-state index in [0.29, 0.717) is 15.4 Å². The van der Waals surface area contributed by atoms with Crippen molar-refractivity contribution in [2.45, 2.75) is 25.0 Å². The van der Waals surface area contributed by atoms with Gasteiger partial charge in [0.05, 0.1) is 24.3 Å². The number of thioether (sulfide) groups is 1. The van der Waals surface area contributed by atoms with Crippen LogP contribution in [0.5, 0.6) is 5.75 Å². The normalized spacial score (nSPS) is 12.1. The number of carbonyl (C=O) groups excluding carboxylic acids is 1. The Morgan fingerprint density at radius 2 is 1.85 bits per heavy atom. The Hall–Kier alpha value is -3.10. The van der Waals surface area contributed by atoms with E-state index < -0.39 is 0 Å². The van der Waals surface area contributed by atoms with Gasteiger partial charge in [0, 0.05) is 18.0 Å². The molecule has 4 rings (SSSR count). The van der Waals surface area contributed by atoms with E-state index in [2.05, 4.69) is 19.2 Å². The zero-order chi connectivity index (χ0) is 24.2. The second-order valence-electron chi connectivity index (χ2n) is 8.31. The molecule has 0 saturated heterocycles. The molecule has 0 aliphatic heterocycles. The molecule has 6 nitrogen and oxygen atoms in total. The molecular formula is C26H27N3O3S2. The number of aromatic nitrogens is 2. The molecule has 2 aromatic carbocycles. The number of methoxy groups -OCH3 is 1. The minimum atomic E-state index is -0.121. The standard InChI is InChI=1S/C26H27N3O3S2/c1-16(2)23(18-10-12-19(32-4)13-11-18)27-21(30)15-34-26-28-24-22(25(31)29(26)3)20(14-33-24)17-8-6-5-7-9-17/h5-14,16,23H,15H2,1-4H3,(H,27,30)/t23-/m1/s1. The second kappa shape index (κ2) is 10.4. The van der Waals surface area contributed by atoms with Crippen LogP contribution in [-0.4, -0.2) is 28.3 Å². The van der Waals surface area contributed by atoms with Crippen molar-refractivity contribution in [2.75, 3.05) is 12.9 Å². The zero-order valence-electron chi connectivity index (χ0n) is 19.6. The summed E-state index contributed by atoms with van der Waals surface area (Å²) in [6.07, 6.45) is 0. The van der Waals surface area contributed by atoms with Crippen molar-refractivity contribution in [1.29, 1.82) is 0 Å². The number of nitrogens with one attached hydrogen (secondary N) is 1. The first kappa shape index (κ1) is 24.0. The van der Waals surface area contributed by atoms with Crippen molar-refractivity contribution in [3.8, 4) is 16.9 Å². The number of hydrogen-bond donors (Lipinski definition) is 1. The van der Waals surface area contributed by atoms with E-state index in [0.717, 1.165) is 22.4 Å². The maximum Gasteiger partial charge on any atom is 0.263 e. The van der Waals surface area contributed by atoms with Crippen LogP contribution in [-0.2, 0) is 11.8 Å². The van der Waals surface area contributed by atoms with E-state index in [-0.39, 0.29) is 29.2 Å². The minimum Gasteiger partial charge on any atom is -0.497 e. The van der Waals surface area contributed by atoms with Crippen molar-refractivity contribution in [3.05, 3.63) is 75.9 Å². The Morgan fingerprint density at radius 3 is 2.50 bits per heavy atom. The number of rotatable bonds is 8. The van der Waals surface area contributed by atoms with E-state index in [1.807, 2.05) is 60.0 Å². The summed E-state index contributed by atoms with van der Waals surface area (Å²) in [5.41, 5.74) is 2.80. The van der Waals surface area contributed by atoms with Crippen molar-refractivity contribution in [2.24, 2.45) is 13.0 Å². The maximum atomic E-state index is 13.2. The van der Waals surface area contributed by atoms with Crippen LogP contribution < -0.4 is 15.6 Å². The highest BCUT2D eigenvalue weighted by Gasteiger charge is 2.20. The van der Waals surface area contributed by atoms with Gasteiger partial charge in [-0.2, -0.15) is 0 Å². The molecule has 0 radical (unpaired) electrons. The van der Waals surface area contributed by atoms with Gasteiger partial charge >= 0.3 is 0 Å². The summed E-state index contributed by atoms with van der Waals surface area (Å²) in [4.78, 5) is 31.3. The summed E-state index contributed by atoms with van der Waals surface area (Å²) in [6.45, 7) is 4.14. The van der Waals surface area contributed by atoms with Gasteiger partial charge in [0.15, 0.2) is 5.16 Å². The monoisotopic (exact) mass is 493 g/mol. The zero-order valence-corrected chi connectivity index (χ0v) is 21.2. The predicted molar refractivity (Wildman–Crippen MR) is 140 cm³/mol. The van der Waals surface area contributed by atoms with Crippen molar-refractivity contribution < 1.29 is 9.53 Å². The number of thiophene rings is 1.